The van der Waals surface area contributed by atoms with Gasteiger partial charge in [-0.25, -0.2) is 4.39 Å². The Morgan fingerprint density at radius 3 is 2.40 bits per heavy atom. The Balaban J connectivity index is 2.53. The van der Waals surface area contributed by atoms with Gasteiger partial charge < -0.3 is 10.0 Å². The second kappa shape index (κ2) is 7.89. The number of thioether (sulfide) groups is 1. The first kappa shape index (κ1) is 16.5. The molecule has 4 nitrogen and oxygen atoms in total. The number of hydrogen-bond donors (Lipinski definition) is 1. The zero-order chi connectivity index (χ0) is 15.1. The minimum Gasteiger partial charge on any atom is -0.481 e. The Kier molecular flexibility index (Phi) is 6.51. The molecule has 110 valence electrons. The molecule has 0 unspecified atom stereocenters. The molecule has 6 heteroatoms. The summed E-state index contributed by atoms with van der Waals surface area (Å²) >= 11 is 1.31. The first-order valence-corrected chi connectivity index (χ1v) is 7.28. The molecule has 0 aliphatic heterocycles. The molecule has 0 saturated heterocycles. The third kappa shape index (κ3) is 5.61. The van der Waals surface area contributed by atoms with Crippen molar-refractivity contribution in [1.82, 2.24) is 4.90 Å². The van der Waals surface area contributed by atoms with E-state index in [1.54, 1.807) is 17.0 Å². The zero-order valence-electron chi connectivity index (χ0n) is 11.5. The molecule has 1 aromatic rings. The van der Waals surface area contributed by atoms with E-state index in [9.17, 15) is 14.0 Å². The van der Waals surface area contributed by atoms with Gasteiger partial charge in [-0.3, -0.25) is 9.59 Å². The van der Waals surface area contributed by atoms with Crippen LogP contribution in [0.4, 0.5) is 4.39 Å². The normalized spacial score (nSPS) is 10.6. The largest absolute Gasteiger partial charge is 0.481 e. The number of rotatable bonds is 7. The molecule has 0 aliphatic rings. The summed E-state index contributed by atoms with van der Waals surface area (Å²) in [6.07, 6.45) is -0.0644. The van der Waals surface area contributed by atoms with E-state index in [0.29, 0.717) is 0 Å². The highest BCUT2D eigenvalue weighted by molar-refractivity contribution is 8.00. The van der Waals surface area contributed by atoms with E-state index in [0.717, 1.165) is 4.90 Å². The minimum atomic E-state index is -0.922. The van der Waals surface area contributed by atoms with Crippen LogP contribution in [0.25, 0.3) is 0 Å². The number of benzene rings is 1. The van der Waals surface area contributed by atoms with Crippen LogP contribution in [0.1, 0.15) is 20.3 Å². The van der Waals surface area contributed by atoms with Crippen LogP contribution >= 0.6 is 11.8 Å². The number of nitrogens with zero attached hydrogens (tertiary/aromatic N) is 1. The van der Waals surface area contributed by atoms with E-state index in [-0.39, 0.29) is 36.5 Å². The molecule has 0 heterocycles. The summed E-state index contributed by atoms with van der Waals surface area (Å²) in [6.45, 7) is 3.90. The van der Waals surface area contributed by atoms with Crippen LogP contribution in [0, 0.1) is 5.82 Å². The van der Waals surface area contributed by atoms with Gasteiger partial charge in [0.05, 0.1) is 12.2 Å². The van der Waals surface area contributed by atoms with Crippen molar-refractivity contribution in [3.05, 3.63) is 30.1 Å². The summed E-state index contributed by atoms with van der Waals surface area (Å²) in [7, 11) is 0. The molecule has 1 rings (SSSR count). The number of carboxylic acid groups (broad SMARTS) is 1. The summed E-state index contributed by atoms with van der Waals surface area (Å²) < 4.78 is 12.8. The molecule has 0 fully saturated rings. The SMILES string of the molecule is CC(C)N(CCC(=O)O)C(=O)CSc1ccc(F)cc1. The van der Waals surface area contributed by atoms with Gasteiger partial charge in [0, 0.05) is 17.5 Å². The van der Waals surface area contributed by atoms with Gasteiger partial charge in [-0.2, -0.15) is 0 Å². The summed E-state index contributed by atoms with van der Waals surface area (Å²) in [6, 6.07) is 5.87. The molecule has 0 saturated carbocycles. The van der Waals surface area contributed by atoms with Crippen LogP contribution in [-0.2, 0) is 9.59 Å². The number of hydrogen-bond acceptors (Lipinski definition) is 3. The first-order chi connectivity index (χ1) is 9.40. The van der Waals surface area contributed by atoms with E-state index < -0.39 is 5.97 Å². The molecule has 0 atom stereocenters. The van der Waals surface area contributed by atoms with E-state index in [1.807, 2.05) is 13.8 Å². The van der Waals surface area contributed by atoms with Gasteiger partial charge in [0.1, 0.15) is 5.82 Å². The van der Waals surface area contributed by atoms with Crippen molar-refractivity contribution in [3.8, 4) is 0 Å². The van der Waals surface area contributed by atoms with Gasteiger partial charge in [-0.15, -0.1) is 11.8 Å². The van der Waals surface area contributed by atoms with E-state index in [1.165, 1.54) is 23.9 Å². The van der Waals surface area contributed by atoms with Gasteiger partial charge >= 0.3 is 5.97 Å². The molecule has 20 heavy (non-hydrogen) atoms. The van der Waals surface area contributed by atoms with Crippen LogP contribution in [0.5, 0.6) is 0 Å². The van der Waals surface area contributed by atoms with Gasteiger partial charge in [0.2, 0.25) is 5.91 Å². The summed E-state index contributed by atoms with van der Waals surface area (Å²) in [5, 5.41) is 8.68. The van der Waals surface area contributed by atoms with Crippen LogP contribution in [0.2, 0.25) is 0 Å². The number of amides is 1. The number of carbonyl (C=O) groups is 2. The molecule has 1 N–H and O–H groups in total. The zero-order valence-corrected chi connectivity index (χ0v) is 12.3. The van der Waals surface area contributed by atoms with E-state index in [2.05, 4.69) is 0 Å². The number of carbonyl (C=O) groups excluding carboxylic acids is 1. The van der Waals surface area contributed by atoms with Gasteiger partial charge in [-0.05, 0) is 38.1 Å². The lowest BCUT2D eigenvalue weighted by Gasteiger charge is -2.26. The molecule has 0 radical (unpaired) electrons. The third-order valence-corrected chi connectivity index (χ3v) is 3.68. The number of halogens is 1. The Bertz CT molecular complexity index is 462. The predicted molar refractivity (Wildman–Crippen MR) is 76.2 cm³/mol. The van der Waals surface area contributed by atoms with Crippen LogP contribution < -0.4 is 0 Å². The highest BCUT2D eigenvalue weighted by Crippen LogP contribution is 2.19. The van der Waals surface area contributed by atoms with Crippen molar-refractivity contribution in [2.24, 2.45) is 0 Å². The van der Waals surface area contributed by atoms with Gasteiger partial charge in [0.15, 0.2) is 0 Å². The molecule has 0 aromatic heterocycles. The Hall–Kier alpha value is -1.56. The lowest BCUT2D eigenvalue weighted by molar-refractivity contribution is -0.138. The summed E-state index contributed by atoms with van der Waals surface area (Å²) in [5.41, 5.74) is 0. The standard InChI is InChI=1S/C14H18FNO3S/c1-10(2)16(8-7-14(18)19)13(17)9-20-12-5-3-11(15)4-6-12/h3-6,10H,7-9H2,1-2H3,(H,18,19). The smallest absolute Gasteiger partial charge is 0.305 e. The average Bonchev–Trinajstić information content (AvgIpc) is 2.37. The van der Waals surface area contributed by atoms with Crippen molar-refractivity contribution >= 4 is 23.6 Å². The molecular formula is C14H18FNO3S. The monoisotopic (exact) mass is 299 g/mol. The summed E-state index contributed by atoms with van der Waals surface area (Å²) in [5.74, 6) is -1.14. The van der Waals surface area contributed by atoms with Crippen molar-refractivity contribution in [3.63, 3.8) is 0 Å². The highest BCUT2D eigenvalue weighted by Gasteiger charge is 2.17. The highest BCUT2D eigenvalue weighted by atomic mass is 32.2. The average molecular weight is 299 g/mol. The van der Waals surface area contributed by atoms with E-state index in [4.69, 9.17) is 5.11 Å². The lowest BCUT2D eigenvalue weighted by Crippen LogP contribution is -2.39. The molecule has 1 aromatic carbocycles. The van der Waals surface area contributed by atoms with Crippen molar-refractivity contribution < 1.29 is 19.1 Å². The van der Waals surface area contributed by atoms with Gasteiger partial charge in [0.25, 0.3) is 0 Å². The quantitative estimate of drug-likeness (QED) is 0.786. The van der Waals surface area contributed by atoms with Gasteiger partial charge in [-0.1, -0.05) is 0 Å². The third-order valence-electron chi connectivity index (χ3n) is 2.69. The van der Waals surface area contributed by atoms with Crippen LogP contribution in [-0.4, -0.2) is 40.2 Å². The topological polar surface area (TPSA) is 57.6 Å². The Morgan fingerprint density at radius 2 is 1.90 bits per heavy atom. The van der Waals surface area contributed by atoms with Crippen molar-refractivity contribution in [2.75, 3.05) is 12.3 Å². The second-order valence-corrected chi connectivity index (χ2v) is 5.62. The fraction of sp³-hybridized carbons (Fsp3) is 0.429. The predicted octanol–water partition coefficient (Wildman–Crippen LogP) is 2.63. The first-order valence-electron chi connectivity index (χ1n) is 6.29. The minimum absolute atomic E-state index is 0.0457. The fourth-order valence-corrected chi connectivity index (χ4v) is 2.43. The molecular weight excluding hydrogens is 281 g/mol. The Labute approximate surface area is 122 Å². The number of carboxylic acids is 1. The maximum absolute atomic E-state index is 12.8. The van der Waals surface area contributed by atoms with E-state index >= 15 is 0 Å². The van der Waals surface area contributed by atoms with Crippen LogP contribution in [0.15, 0.2) is 29.2 Å². The fourth-order valence-electron chi connectivity index (χ4n) is 1.65. The Morgan fingerprint density at radius 1 is 1.30 bits per heavy atom. The molecule has 0 bridgehead atoms. The molecule has 0 aliphatic carbocycles. The lowest BCUT2D eigenvalue weighted by atomic mass is 10.3. The van der Waals surface area contributed by atoms with Crippen molar-refractivity contribution in [2.45, 2.75) is 31.2 Å². The molecule has 1 amide bonds. The second-order valence-electron chi connectivity index (χ2n) is 4.57. The maximum atomic E-state index is 12.8. The molecule has 0 spiro atoms. The van der Waals surface area contributed by atoms with Crippen LogP contribution in [0.3, 0.4) is 0 Å². The summed E-state index contributed by atoms with van der Waals surface area (Å²) in [4.78, 5) is 25.0. The van der Waals surface area contributed by atoms with Crippen molar-refractivity contribution in [1.29, 1.82) is 0 Å². The maximum Gasteiger partial charge on any atom is 0.305 e. The number of aliphatic carboxylic acids is 1.